The van der Waals surface area contributed by atoms with Gasteiger partial charge in [-0.3, -0.25) is 10.3 Å². The van der Waals surface area contributed by atoms with Crippen molar-refractivity contribution in [3.63, 3.8) is 0 Å². The second kappa shape index (κ2) is 7.52. The minimum absolute atomic E-state index is 0.239. The number of nitrogens with zero attached hydrogens (tertiary/aromatic N) is 1. The monoisotopic (exact) mass is 248 g/mol. The van der Waals surface area contributed by atoms with Crippen LogP contribution >= 0.6 is 0 Å². The molecule has 0 aromatic rings. The van der Waals surface area contributed by atoms with Gasteiger partial charge >= 0.3 is 0 Å². The Morgan fingerprint density at radius 2 is 1.94 bits per heavy atom. The maximum absolute atomic E-state index is 4.62. The Labute approximate surface area is 112 Å². The molecule has 2 unspecified atom stereocenters. The molecule has 2 nitrogen and oxygen atoms in total. The fourth-order valence-corrected chi connectivity index (χ4v) is 2.61. The maximum Gasteiger partial charge on any atom is 0.105 e. The van der Waals surface area contributed by atoms with Crippen LogP contribution in [0.15, 0.2) is 27.8 Å². The second-order valence-electron chi connectivity index (χ2n) is 5.25. The minimum Gasteiger partial charge on any atom is -0.298 e. The smallest absolute Gasteiger partial charge is 0.105 e. The summed E-state index contributed by atoms with van der Waals surface area (Å²) in [6, 6.07) is 0. The maximum atomic E-state index is 4.62. The summed E-state index contributed by atoms with van der Waals surface area (Å²) >= 11 is 0. The van der Waals surface area contributed by atoms with Crippen molar-refractivity contribution in [2.45, 2.75) is 59.5 Å². The van der Waals surface area contributed by atoms with E-state index in [4.69, 9.17) is 0 Å². The van der Waals surface area contributed by atoms with Crippen LogP contribution in [-0.4, -0.2) is 19.4 Å². The van der Waals surface area contributed by atoms with Gasteiger partial charge in [0.2, 0.25) is 0 Å². The van der Waals surface area contributed by atoms with Gasteiger partial charge < -0.3 is 0 Å². The van der Waals surface area contributed by atoms with Gasteiger partial charge in [-0.05, 0) is 38.0 Å². The lowest BCUT2D eigenvalue weighted by atomic mass is 9.90. The van der Waals surface area contributed by atoms with E-state index in [0.29, 0.717) is 5.92 Å². The van der Waals surface area contributed by atoms with Crippen LogP contribution in [0.25, 0.3) is 0 Å². The molecule has 0 fully saturated rings. The van der Waals surface area contributed by atoms with Crippen LogP contribution in [0.2, 0.25) is 0 Å². The predicted molar refractivity (Wildman–Crippen MR) is 81.1 cm³/mol. The van der Waals surface area contributed by atoms with Crippen LogP contribution in [0.1, 0.15) is 53.4 Å². The highest BCUT2D eigenvalue weighted by atomic mass is 15.1. The number of dihydropyridines is 1. The average Bonchev–Trinajstić information content (AvgIpc) is 2.36. The average molecular weight is 248 g/mol. The summed E-state index contributed by atoms with van der Waals surface area (Å²) < 4.78 is 0. The zero-order valence-corrected chi connectivity index (χ0v) is 12.6. The molecule has 0 aromatic heterocycles. The molecule has 0 radical (unpaired) electrons. The van der Waals surface area contributed by atoms with Gasteiger partial charge in [0, 0.05) is 12.1 Å². The molecule has 2 atom stereocenters. The summed E-state index contributed by atoms with van der Waals surface area (Å²) in [5.41, 5.74) is 4.40. The summed E-state index contributed by atoms with van der Waals surface area (Å²) in [6.45, 7) is 9.00. The van der Waals surface area contributed by atoms with Gasteiger partial charge in [0.05, 0.1) is 0 Å². The van der Waals surface area contributed by atoms with Crippen LogP contribution in [-0.2, 0) is 0 Å². The predicted octanol–water partition coefficient (Wildman–Crippen LogP) is 4.10. The van der Waals surface area contributed by atoms with Crippen molar-refractivity contribution < 1.29 is 0 Å². The first kappa shape index (κ1) is 15.2. The first-order valence-electron chi connectivity index (χ1n) is 7.25. The van der Waals surface area contributed by atoms with E-state index in [1.165, 1.54) is 42.4 Å². The van der Waals surface area contributed by atoms with Crippen LogP contribution in [0.3, 0.4) is 0 Å². The van der Waals surface area contributed by atoms with Gasteiger partial charge in [-0.15, -0.1) is 0 Å². The summed E-state index contributed by atoms with van der Waals surface area (Å²) in [7, 11) is 1.97. The second-order valence-corrected chi connectivity index (χ2v) is 5.25. The minimum atomic E-state index is 0.239. The molecule has 1 aliphatic rings. The van der Waals surface area contributed by atoms with E-state index in [2.05, 4.69) is 50.3 Å². The molecule has 0 aromatic carbocycles. The van der Waals surface area contributed by atoms with E-state index in [-0.39, 0.29) is 6.17 Å². The molecular formula is C16H28N2. The summed E-state index contributed by atoms with van der Waals surface area (Å²) in [6.07, 6.45) is 9.46. The zero-order chi connectivity index (χ0) is 13.5. The molecule has 1 heterocycles. The number of hydrogen-bond donors (Lipinski definition) is 1. The normalized spacial score (nSPS) is 24.8. The lowest BCUT2D eigenvalue weighted by Crippen LogP contribution is -2.31. The van der Waals surface area contributed by atoms with E-state index in [0.717, 1.165) is 0 Å². The Hall–Kier alpha value is -0.890. The number of allylic oxidation sites excluding steroid dienone is 3. The van der Waals surface area contributed by atoms with Gasteiger partial charge in [0.1, 0.15) is 6.17 Å². The molecule has 0 saturated carbocycles. The largest absolute Gasteiger partial charge is 0.298 e. The quantitative estimate of drug-likeness (QED) is 0.752. The molecule has 18 heavy (non-hydrogen) atoms. The lowest BCUT2D eigenvalue weighted by Gasteiger charge is -2.23. The highest BCUT2D eigenvalue weighted by Crippen LogP contribution is 2.26. The van der Waals surface area contributed by atoms with E-state index >= 15 is 0 Å². The standard InChI is InChI=1S/C16H28N2/c1-6-8-12(3)15(9-7-2)14-10-13(4)16(17-5)18-11-14/h10-11,13,16-17H,6-9H2,1-5H3. The third kappa shape index (κ3) is 3.81. The third-order valence-electron chi connectivity index (χ3n) is 3.60. The number of hydrogen-bond acceptors (Lipinski definition) is 2. The SMILES string of the molecule is CCCC(C)=C(CCC)C1=CC(C)C(NC)N=C1. The Morgan fingerprint density at radius 1 is 1.28 bits per heavy atom. The third-order valence-corrected chi connectivity index (χ3v) is 3.60. The van der Waals surface area contributed by atoms with E-state index in [9.17, 15) is 0 Å². The molecule has 0 amide bonds. The highest BCUT2D eigenvalue weighted by Gasteiger charge is 2.18. The van der Waals surface area contributed by atoms with E-state index < -0.39 is 0 Å². The summed E-state index contributed by atoms with van der Waals surface area (Å²) in [4.78, 5) is 4.62. The fraction of sp³-hybridized carbons (Fsp3) is 0.688. The van der Waals surface area contributed by atoms with Crippen molar-refractivity contribution in [2.24, 2.45) is 10.9 Å². The van der Waals surface area contributed by atoms with Gasteiger partial charge in [-0.1, -0.05) is 45.3 Å². The first-order valence-corrected chi connectivity index (χ1v) is 7.25. The molecule has 1 aliphatic heterocycles. The lowest BCUT2D eigenvalue weighted by molar-refractivity contribution is 0.476. The van der Waals surface area contributed by atoms with Crippen molar-refractivity contribution in [2.75, 3.05) is 7.05 Å². The first-order chi connectivity index (χ1) is 8.63. The van der Waals surface area contributed by atoms with Crippen LogP contribution in [0.4, 0.5) is 0 Å². The molecular weight excluding hydrogens is 220 g/mol. The Balaban J connectivity index is 2.95. The van der Waals surface area contributed by atoms with Crippen molar-refractivity contribution in [1.29, 1.82) is 0 Å². The summed E-state index contributed by atoms with van der Waals surface area (Å²) in [5.74, 6) is 0.469. The number of nitrogens with one attached hydrogen (secondary N) is 1. The molecule has 102 valence electrons. The van der Waals surface area contributed by atoms with Crippen LogP contribution in [0, 0.1) is 5.92 Å². The van der Waals surface area contributed by atoms with Crippen molar-refractivity contribution in [3.8, 4) is 0 Å². The fourth-order valence-electron chi connectivity index (χ4n) is 2.61. The molecule has 0 saturated heterocycles. The Kier molecular flexibility index (Phi) is 6.34. The topological polar surface area (TPSA) is 24.4 Å². The van der Waals surface area contributed by atoms with Crippen molar-refractivity contribution >= 4 is 6.21 Å². The molecule has 1 rings (SSSR count). The highest BCUT2D eigenvalue weighted by molar-refractivity contribution is 5.86. The molecule has 0 bridgehead atoms. The molecule has 2 heteroatoms. The van der Waals surface area contributed by atoms with Crippen molar-refractivity contribution in [3.05, 3.63) is 22.8 Å². The molecule has 0 spiro atoms. The Morgan fingerprint density at radius 3 is 2.44 bits per heavy atom. The molecule has 0 aliphatic carbocycles. The molecule has 1 N–H and O–H groups in total. The van der Waals surface area contributed by atoms with Crippen LogP contribution < -0.4 is 5.32 Å². The van der Waals surface area contributed by atoms with Gasteiger partial charge in [0.25, 0.3) is 0 Å². The Bertz CT molecular complexity index is 350. The number of rotatable bonds is 6. The summed E-state index contributed by atoms with van der Waals surface area (Å²) in [5, 5.41) is 3.24. The zero-order valence-electron chi connectivity index (χ0n) is 12.6. The van der Waals surface area contributed by atoms with Crippen molar-refractivity contribution in [1.82, 2.24) is 5.32 Å². The number of aliphatic imine (C=N–C) groups is 1. The van der Waals surface area contributed by atoms with E-state index in [1.807, 2.05) is 7.05 Å². The van der Waals surface area contributed by atoms with Crippen LogP contribution in [0.5, 0.6) is 0 Å². The van der Waals surface area contributed by atoms with Gasteiger partial charge in [-0.25, -0.2) is 0 Å². The van der Waals surface area contributed by atoms with Gasteiger partial charge in [-0.2, -0.15) is 0 Å². The van der Waals surface area contributed by atoms with Gasteiger partial charge in [0.15, 0.2) is 0 Å². The van der Waals surface area contributed by atoms with E-state index in [1.54, 1.807) is 0 Å².